The lowest BCUT2D eigenvalue weighted by Crippen LogP contribution is -2.16. The minimum atomic E-state index is -0.0500. The highest BCUT2D eigenvalue weighted by molar-refractivity contribution is 6.31. The molecule has 1 unspecified atom stereocenters. The van der Waals surface area contributed by atoms with E-state index in [9.17, 15) is 0 Å². The SMILES string of the molecule is CCN(c1ccc(C)cc1)c1ccc(C(C)N)c(Cl)c1. The van der Waals surface area contributed by atoms with Gasteiger partial charge in [0, 0.05) is 29.0 Å². The maximum absolute atomic E-state index is 6.33. The fourth-order valence-electron chi connectivity index (χ4n) is 2.29. The van der Waals surface area contributed by atoms with Gasteiger partial charge in [0.05, 0.1) is 0 Å². The summed E-state index contributed by atoms with van der Waals surface area (Å²) in [7, 11) is 0. The molecule has 0 aliphatic carbocycles. The molecule has 0 saturated carbocycles. The molecule has 0 aliphatic heterocycles. The molecule has 3 heteroatoms. The molecule has 2 aromatic carbocycles. The van der Waals surface area contributed by atoms with E-state index in [-0.39, 0.29) is 6.04 Å². The van der Waals surface area contributed by atoms with Gasteiger partial charge in [0.2, 0.25) is 0 Å². The Morgan fingerprint density at radius 3 is 2.20 bits per heavy atom. The zero-order valence-electron chi connectivity index (χ0n) is 12.2. The van der Waals surface area contributed by atoms with Gasteiger partial charge in [-0.15, -0.1) is 0 Å². The molecule has 106 valence electrons. The van der Waals surface area contributed by atoms with Crippen molar-refractivity contribution in [1.29, 1.82) is 0 Å². The van der Waals surface area contributed by atoms with Crippen LogP contribution in [-0.2, 0) is 0 Å². The summed E-state index contributed by atoms with van der Waals surface area (Å²) in [5, 5.41) is 0.725. The van der Waals surface area contributed by atoms with Crippen molar-refractivity contribution in [3.8, 4) is 0 Å². The minimum Gasteiger partial charge on any atom is -0.342 e. The third-order valence-electron chi connectivity index (χ3n) is 3.45. The van der Waals surface area contributed by atoms with Crippen LogP contribution in [0.5, 0.6) is 0 Å². The first-order valence-electron chi connectivity index (χ1n) is 6.92. The second-order valence-electron chi connectivity index (χ2n) is 5.07. The normalized spacial score (nSPS) is 12.2. The summed E-state index contributed by atoms with van der Waals surface area (Å²) in [6.07, 6.45) is 0. The summed E-state index contributed by atoms with van der Waals surface area (Å²) in [6, 6.07) is 14.5. The Bertz CT molecular complexity index is 576. The Morgan fingerprint density at radius 1 is 1.10 bits per heavy atom. The van der Waals surface area contributed by atoms with Crippen LogP contribution >= 0.6 is 11.6 Å². The summed E-state index contributed by atoms with van der Waals surface area (Å²) < 4.78 is 0. The number of anilines is 2. The maximum atomic E-state index is 6.33. The van der Waals surface area contributed by atoms with E-state index in [0.29, 0.717) is 0 Å². The Labute approximate surface area is 126 Å². The minimum absolute atomic E-state index is 0.0500. The predicted molar refractivity (Wildman–Crippen MR) is 87.9 cm³/mol. The number of hydrogen-bond donors (Lipinski definition) is 1. The molecule has 0 fully saturated rings. The number of nitrogens with two attached hydrogens (primary N) is 1. The highest BCUT2D eigenvalue weighted by atomic mass is 35.5. The van der Waals surface area contributed by atoms with Crippen molar-refractivity contribution in [1.82, 2.24) is 0 Å². The molecule has 0 bridgehead atoms. The highest BCUT2D eigenvalue weighted by Crippen LogP contribution is 2.31. The Kier molecular flexibility index (Phi) is 4.69. The number of aryl methyl sites for hydroxylation is 1. The topological polar surface area (TPSA) is 29.3 Å². The van der Waals surface area contributed by atoms with Crippen LogP contribution in [0.1, 0.15) is 31.0 Å². The molecule has 2 rings (SSSR count). The molecule has 2 nitrogen and oxygen atoms in total. The molecule has 0 heterocycles. The molecule has 0 amide bonds. The third-order valence-corrected chi connectivity index (χ3v) is 3.78. The zero-order chi connectivity index (χ0) is 14.7. The molecule has 2 N–H and O–H groups in total. The largest absolute Gasteiger partial charge is 0.342 e. The van der Waals surface area contributed by atoms with Gasteiger partial charge < -0.3 is 10.6 Å². The van der Waals surface area contributed by atoms with E-state index in [1.54, 1.807) is 0 Å². The maximum Gasteiger partial charge on any atom is 0.0474 e. The van der Waals surface area contributed by atoms with E-state index in [1.165, 1.54) is 11.3 Å². The molecule has 0 aromatic heterocycles. The number of benzene rings is 2. The molecular formula is C17H21ClN2. The average Bonchev–Trinajstić information content (AvgIpc) is 2.41. The lowest BCUT2D eigenvalue weighted by Gasteiger charge is -2.24. The molecule has 0 aliphatic rings. The van der Waals surface area contributed by atoms with Crippen LogP contribution in [0, 0.1) is 6.92 Å². The lowest BCUT2D eigenvalue weighted by molar-refractivity contribution is 0.818. The van der Waals surface area contributed by atoms with E-state index in [0.717, 1.165) is 22.8 Å². The molecule has 1 atom stereocenters. The van der Waals surface area contributed by atoms with E-state index in [4.69, 9.17) is 17.3 Å². The van der Waals surface area contributed by atoms with Gasteiger partial charge in [-0.05, 0) is 50.6 Å². The van der Waals surface area contributed by atoms with Gasteiger partial charge in [-0.1, -0.05) is 35.4 Å². The van der Waals surface area contributed by atoms with Crippen LogP contribution in [-0.4, -0.2) is 6.54 Å². The number of halogens is 1. The predicted octanol–water partition coefficient (Wildman–Crippen LogP) is 4.83. The smallest absolute Gasteiger partial charge is 0.0474 e. The van der Waals surface area contributed by atoms with Gasteiger partial charge in [-0.25, -0.2) is 0 Å². The molecule has 0 saturated heterocycles. The van der Waals surface area contributed by atoms with Crippen LogP contribution < -0.4 is 10.6 Å². The van der Waals surface area contributed by atoms with E-state index in [1.807, 2.05) is 19.1 Å². The molecule has 2 aromatic rings. The molecule has 0 radical (unpaired) electrons. The fourth-order valence-corrected chi connectivity index (χ4v) is 2.64. The van der Waals surface area contributed by atoms with Crippen molar-refractivity contribution in [3.63, 3.8) is 0 Å². The van der Waals surface area contributed by atoms with E-state index >= 15 is 0 Å². The monoisotopic (exact) mass is 288 g/mol. The van der Waals surface area contributed by atoms with Crippen LogP contribution in [0.3, 0.4) is 0 Å². The van der Waals surface area contributed by atoms with Gasteiger partial charge in [0.15, 0.2) is 0 Å². The highest BCUT2D eigenvalue weighted by Gasteiger charge is 2.11. The summed E-state index contributed by atoms with van der Waals surface area (Å²) in [4.78, 5) is 2.23. The van der Waals surface area contributed by atoms with Gasteiger partial charge in [-0.3, -0.25) is 0 Å². The van der Waals surface area contributed by atoms with Crippen LogP contribution in [0.15, 0.2) is 42.5 Å². The summed E-state index contributed by atoms with van der Waals surface area (Å²) in [5.41, 5.74) is 10.4. The summed E-state index contributed by atoms with van der Waals surface area (Å²) in [6.45, 7) is 7.05. The Hall–Kier alpha value is -1.51. The average molecular weight is 289 g/mol. The number of nitrogens with zero attached hydrogens (tertiary/aromatic N) is 1. The van der Waals surface area contributed by atoms with Crippen molar-refractivity contribution in [2.75, 3.05) is 11.4 Å². The third kappa shape index (κ3) is 3.14. The van der Waals surface area contributed by atoms with Gasteiger partial charge in [-0.2, -0.15) is 0 Å². The molecule has 0 spiro atoms. The molecular weight excluding hydrogens is 268 g/mol. The molecule has 20 heavy (non-hydrogen) atoms. The van der Waals surface area contributed by atoms with Gasteiger partial charge >= 0.3 is 0 Å². The lowest BCUT2D eigenvalue weighted by atomic mass is 10.1. The van der Waals surface area contributed by atoms with Crippen LogP contribution in [0.25, 0.3) is 0 Å². The van der Waals surface area contributed by atoms with Crippen molar-refractivity contribution < 1.29 is 0 Å². The van der Waals surface area contributed by atoms with Gasteiger partial charge in [0.1, 0.15) is 0 Å². The van der Waals surface area contributed by atoms with Crippen LogP contribution in [0.4, 0.5) is 11.4 Å². The zero-order valence-corrected chi connectivity index (χ0v) is 13.0. The quantitative estimate of drug-likeness (QED) is 0.873. The Morgan fingerprint density at radius 2 is 1.70 bits per heavy atom. The van der Waals surface area contributed by atoms with Gasteiger partial charge in [0.25, 0.3) is 0 Å². The first-order chi connectivity index (χ1) is 9.52. The standard InChI is InChI=1S/C17H21ClN2/c1-4-20(14-7-5-12(2)6-8-14)15-9-10-16(13(3)19)17(18)11-15/h5-11,13H,4,19H2,1-3H3. The first kappa shape index (κ1) is 14.9. The van der Waals surface area contributed by atoms with E-state index in [2.05, 4.69) is 49.1 Å². The second-order valence-corrected chi connectivity index (χ2v) is 5.48. The first-order valence-corrected chi connectivity index (χ1v) is 7.30. The van der Waals surface area contributed by atoms with Crippen molar-refractivity contribution >= 4 is 23.0 Å². The summed E-state index contributed by atoms with van der Waals surface area (Å²) >= 11 is 6.33. The Balaban J connectivity index is 2.37. The van der Waals surface area contributed by atoms with Crippen molar-refractivity contribution in [2.45, 2.75) is 26.8 Å². The van der Waals surface area contributed by atoms with E-state index < -0.39 is 0 Å². The van der Waals surface area contributed by atoms with Crippen LogP contribution in [0.2, 0.25) is 5.02 Å². The van der Waals surface area contributed by atoms with Crippen molar-refractivity contribution in [3.05, 3.63) is 58.6 Å². The van der Waals surface area contributed by atoms with Crippen molar-refractivity contribution in [2.24, 2.45) is 5.73 Å². The second kappa shape index (κ2) is 6.29. The number of hydrogen-bond acceptors (Lipinski definition) is 2. The summed E-state index contributed by atoms with van der Waals surface area (Å²) in [5.74, 6) is 0. The number of rotatable bonds is 4. The fraction of sp³-hybridized carbons (Fsp3) is 0.294.